The van der Waals surface area contributed by atoms with Gasteiger partial charge in [0.05, 0.1) is 17.8 Å². The van der Waals surface area contributed by atoms with E-state index in [9.17, 15) is 9.90 Å². The molecule has 4 N–H and O–H groups in total. The SMILES string of the molecule is COC(=O)c1n[nH]c(C(O)CN)c1Cl. The summed E-state index contributed by atoms with van der Waals surface area (Å²) < 4.78 is 4.43. The molecule has 1 rings (SSSR count). The molecule has 6 nitrogen and oxygen atoms in total. The number of aliphatic hydroxyl groups excluding tert-OH is 1. The number of esters is 1. The normalized spacial score (nSPS) is 12.6. The molecule has 0 aliphatic heterocycles. The first kappa shape index (κ1) is 11.0. The van der Waals surface area contributed by atoms with E-state index in [0.29, 0.717) is 0 Å². The lowest BCUT2D eigenvalue weighted by Crippen LogP contribution is -2.12. The zero-order valence-electron chi connectivity index (χ0n) is 7.45. The van der Waals surface area contributed by atoms with Crippen LogP contribution < -0.4 is 5.73 Å². The zero-order valence-corrected chi connectivity index (χ0v) is 8.21. The van der Waals surface area contributed by atoms with Gasteiger partial charge in [0.25, 0.3) is 0 Å². The molecule has 0 bridgehead atoms. The molecule has 1 heterocycles. The Morgan fingerprint density at radius 3 is 3.00 bits per heavy atom. The molecule has 0 saturated heterocycles. The van der Waals surface area contributed by atoms with E-state index in [4.69, 9.17) is 17.3 Å². The fourth-order valence-electron chi connectivity index (χ4n) is 0.912. The average Bonchev–Trinajstić information content (AvgIpc) is 2.58. The van der Waals surface area contributed by atoms with Crippen molar-refractivity contribution in [3.63, 3.8) is 0 Å². The summed E-state index contributed by atoms with van der Waals surface area (Å²) in [5, 5.41) is 15.4. The summed E-state index contributed by atoms with van der Waals surface area (Å²) >= 11 is 5.76. The van der Waals surface area contributed by atoms with Crippen molar-refractivity contribution in [3.8, 4) is 0 Å². The smallest absolute Gasteiger partial charge is 0.360 e. The molecule has 1 atom stereocenters. The second-order valence-electron chi connectivity index (χ2n) is 2.54. The van der Waals surface area contributed by atoms with Gasteiger partial charge in [-0.25, -0.2) is 4.79 Å². The number of hydrogen-bond donors (Lipinski definition) is 3. The number of halogens is 1. The van der Waals surface area contributed by atoms with Crippen molar-refractivity contribution < 1.29 is 14.6 Å². The summed E-state index contributed by atoms with van der Waals surface area (Å²) in [7, 11) is 1.21. The maximum Gasteiger partial charge on any atom is 0.360 e. The second-order valence-corrected chi connectivity index (χ2v) is 2.92. The van der Waals surface area contributed by atoms with Crippen molar-refractivity contribution in [1.29, 1.82) is 0 Å². The fraction of sp³-hybridized carbons (Fsp3) is 0.429. The number of nitrogens with one attached hydrogen (secondary N) is 1. The number of nitrogens with two attached hydrogens (primary N) is 1. The van der Waals surface area contributed by atoms with Gasteiger partial charge < -0.3 is 15.6 Å². The van der Waals surface area contributed by atoms with E-state index in [0.717, 1.165) is 0 Å². The molecule has 7 heteroatoms. The first-order valence-electron chi connectivity index (χ1n) is 3.82. The average molecular weight is 220 g/mol. The molecular weight excluding hydrogens is 210 g/mol. The Bertz CT molecular complexity index is 339. The van der Waals surface area contributed by atoms with Crippen LogP contribution in [0.5, 0.6) is 0 Å². The number of aliphatic hydroxyl groups is 1. The minimum atomic E-state index is -0.964. The van der Waals surface area contributed by atoms with Gasteiger partial charge in [-0.1, -0.05) is 11.6 Å². The summed E-state index contributed by atoms with van der Waals surface area (Å²) in [4.78, 5) is 11.1. The highest BCUT2D eigenvalue weighted by Gasteiger charge is 2.21. The number of carbonyl (C=O) groups excluding carboxylic acids is 1. The molecule has 1 aromatic rings. The summed E-state index contributed by atoms with van der Waals surface area (Å²) in [6.45, 7) is -0.0114. The van der Waals surface area contributed by atoms with Crippen molar-refractivity contribution in [2.45, 2.75) is 6.10 Å². The van der Waals surface area contributed by atoms with E-state index in [1.807, 2.05) is 0 Å². The molecule has 0 fully saturated rings. The molecular formula is C7H10ClN3O3. The van der Waals surface area contributed by atoms with E-state index in [2.05, 4.69) is 14.9 Å². The molecule has 0 aliphatic carbocycles. The van der Waals surface area contributed by atoms with E-state index >= 15 is 0 Å². The van der Waals surface area contributed by atoms with Crippen molar-refractivity contribution in [2.75, 3.05) is 13.7 Å². The Hall–Kier alpha value is -1.11. The lowest BCUT2D eigenvalue weighted by molar-refractivity contribution is 0.0594. The van der Waals surface area contributed by atoms with Crippen LogP contribution >= 0.6 is 11.6 Å². The van der Waals surface area contributed by atoms with Gasteiger partial charge in [-0.2, -0.15) is 5.10 Å². The van der Waals surface area contributed by atoms with Crippen molar-refractivity contribution in [2.24, 2.45) is 5.73 Å². The zero-order chi connectivity index (χ0) is 10.7. The van der Waals surface area contributed by atoms with Crippen LogP contribution in [-0.4, -0.2) is 34.9 Å². The number of ether oxygens (including phenoxy) is 1. The number of rotatable bonds is 3. The van der Waals surface area contributed by atoms with E-state index in [1.165, 1.54) is 7.11 Å². The minimum Gasteiger partial charge on any atom is -0.464 e. The molecule has 0 aliphatic rings. The quantitative estimate of drug-likeness (QED) is 0.614. The van der Waals surface area contributed by atoms with Crippen molar-refractivity contribution >= 4 is 17.6 Å². The van der Waals surface area contributed by atoms with E-state index in [1.54, 1.807) is 0 Å². The van der Waals surface area contributed by atoms with E-state index in [-0.39, 0.29) is 23.0 Å². The summed E-state index contributed by atoms with van der Waals surface area (Å²) in [6.07, 6.45) is -0.964. The van der Waals surface area contributed by atoms with Crippen molar-refractivity contribution in [3.05, 3.63) is 16.4 Å². The molecule has 0 spiro atoms. The maximum atomic E-state index is 11.1. The first-order valence-corrected chi connectivity index (χ1v) is 4.19. The highest BCUT2D eigenvalue weighted by atomic mass is 35.5. The third kappa shape index (κ3) is 1.87. The molecule has 0 aromatic carbocycles. The van der Waals surface area contributed by atoms with Crippen LogP contribution in [0.1, 0.15) is 22.3 Å². The lowest BCUT2D eigenvalue weighted by atomic mass is 10.2. The highest BCUT2D eigenvalue weighted by Crippen LogP contribution is 2.23. The summed E-state index contributed by atoms with van der Waals surface area (Å²) in [5.74, 6) is -0.665. The van der Waals surface area contributed by atoms with Gasteiger partial charge in [0.2, 0.25) is 0 Å². The van der Waals surface area contributed by atoms with Gasteiger partial charge in [0, 0.05) is 6.54 Å². The molecule has 0 amide bonds. The monoisotopic (exact) mass is 219 g/mol. The number of aromatic amines is 1. The Labute approximate surface area is 85.0 Å². The minimum absolute atomic E-state index is 0.0114. The molecule has 14 heavy (non-hydrogen) atoms. The van der Waals surface area contributed by atoms with Crippen molar-refractivity contribution in [1.82, 2.24) is 10.2 Å². The molecule has 78 valence electrons. The van der Waals surface area contributed by atoms with Gasteiger partial charge in [-0.05, 0) is 0 Å². The third-order valence-electron chi connectivity index (χ3n) is 1.67. The Morgan fingerprint density at radius 2 is 2.50 bits per heavy atom. The molecule has 1 unspecified atom stereocenters. The summed E-state index contributed by atoms with van der Waals surface area (Å²) in [6, 6.07) is 0. The Morgan fingerprint density at radius 1 is 1.86 bits per heavy atom. The number of H-pyrrole nitrogens is 1. The largest absolute Gasteiger partial charge is 0.464 e. The Balaban J connectivity index is 3.02. The van der Waals surface area contributed by atoms with Gasteiger partial charge in [0.15, 0.2) is 5.69 Å². The number of methoxy groups -OCH3 is 1. The van der Waals surface area contributed by atoms with Crippen LogP contribution in [0.15, 0.2) is 0 Å². The number of hydrogen-bond acceptors (Lipinski definition) is 5. The lowest BCUT2D eigenvalue weighted by Gasteiger charge is -2.04. The second kappa shape index (κ2) is 4.41. The van der Waals surface area contributed by atoms with Crippen LogP contribution in [0, 0.1) is 0 Å². The van der Waals surface area contributed by atoms with Gasteiger partial charge in [0.1, 0.15) is 6.10 Å². The van der Waals surface area contributed by atoms with Crippen LogP contribution in [0.4, 0.5) is 0 Å². The molecule has 0 saturated carbocycles. The summed E-state index contributed by atoms with van der Waals surface area (Å²) in [5.41, 5.74) is 5.38. The van der Waals surface area contributed by atoms with Crippen LogP contribution in [0.25, 0.3) is 0 Å². The third-order valence-corrected chi connectivity index (χ3v) is 2.05. The number of carbonyl (C=O) groups is 1. The number of nitrogens with zero attached hydrogens (tertiary/aromatic N) is 1. The standard InChI is InChI=1S/C7H10ClN3O3/c1-14-7(13)6-4(8)5(10-11-6)3(12)2-9/h3,12H,2,9H2,1H3,(H,10,11). The molecule has 1 aromatic heterocycles. The predicted octanol–water partition coefficient (Wildman–Crippen LogP) is -0.158. The topological polar surface area (TPSA) is 101 Å². The van der Waals surface area contributed by atoms with Crippen LogP contribution in [-0.2, 0) is 4.74 Å². The van der Waals surface area contributed by atoms with Gasteiger partial charge >= 0.3 is 5.97 Å². The maximum absolute atomic E-state index is 11.1. The predicted molar refractivity (Wildman–Crippen MR) is 49.0 cm³/mol. The Kier molecular flexibility index (Phi) is 3.45. The van der Waals surface area contributed by atoms with Gasteiger partial charge in [-0.15, -0.1) is 0 Å². The van der Waals surface area contributed by atoms with Gasteiger partial charge in [-0.3, -0.25) is 5.10 Å². The van der Waals surface area contributed by atoms with E-state index < -0.39 is 12.1 Å². The highest BCUT2D eigenvalue weighted by molar-refractivity contribution is 6.34. The van der Waals surface area contributed by atoms with Crippen LogP contribution in [0.3, 0.4) is 0 Å². The fourth-order valence-corrected chi connectivity index (χ4v) is 1.20. The van der Waals surface area contributed by atoms with Crippen LogP contribution in [0.2, 0.25) is 5.02 Å². The molecule has 0 radical (unpaired) electrons. The first-order chi connectivity index (χ1) is 6.61. The number of aromatic nitrogens is 2.